The SMILES string of the molecule is CC(=O)O.CC(C)=O.CC1(C)OC2O[C@H](COC(c3ccccc3)(c3ccccc3)c3ccccc3)[C@H](O)[C@H]2O1.CCCCCCCCO[C@H]1[C@@H](COC(C)=O)OC(OC(C)=O)[C@@H]1OC(C)=O.CCCCCCCCO[C@H]1[C@@H](COC(c2ccccc2)(c2ccccc2)c2ccccc2)OC2OC(C)(C)O[C@@H]21. The molecule has 6 aromatic carbocycles. The summed E-state index contributed by atoms with van der Waals surface area (Å²) in [4.78, 5) is 52.4. The summed E-state index contributed by atoms with van der Waals surface area (Å²) in [5.74, 6) is -3.72. The third-order valence-electron chi connectivity index (χ3n) is 18.1. The molecule has 5 aliphatic heterocycles. The molecule has 11 rings (SSSR count). The van der Waals surface area contributed by atoms with Crippen molar-refractivity contribution in [1.29, 1.82) is 0 Å². The highest BCUT2D eigenvalue weighted by Crippen LogP contribution is 2.46. The van der Waals surface area contributed by atoms with Gasteiger partial charge in [0.05, 0.1) is 13.2 Å². The third-order valence-corrected chi connectivity index (χ3v) is 18.1. The fraction of sp³-hybridized carbons (Fsp3) is 0.523. The molecular formula is C86H114O21. The second-order valence-electron chi connectivity index (χ2n) is 28.1. The zero-order valence-corrected chi connectivity index (χ0v) is 64.4. The van der Waals surface area contributed by atoms with Crippen molar-refractivity contribution < 1.29 is 101 Å². The minimum Gasteiger partial charge on any atom is -0.481 e. The van der Waals surface area contributed by atoms with Crippen LogP contribution in [0.25, 0.3) is 0 Å². The first-order valence-electron chi connectivity index (χ1n) is 37.7. The van der Waals surface area contributed by atoms with Crippen molar-refractivity contribution in [2.24, 2.45) is 0 Å². The third kappa shape index (κ3) is 26.0. The smallest absolute Gasteiger partial charge is 0.305 e. The molecular weight excluding hydrogens is 1370 g/mol. The predicted molar refractivity (Wildman–Crippen MR) is 402 cm³/mol. The summed E-state index contributed by atoms with van der Waals surface area (Å²) in [6, 6.07) is 61.7. The molecule has 0 aliphatic carbocycles. The lowest BCUT2D eigenvalue weighted by molar-refractivity contribution is -0.227. The number of esters is 3. The summed E-state index contributed by atoms with van der Waals surface area (Å²) < 4.78 is 83.8. The normalized spacial score (nSPS) is 23.5. The van der Waals surface area contributed by atoms with Gasteiger partial charge in [-0.25, -0.2) is 0 Å². The summed E-state index contributed by atoms with van der Waals surface area (Å²) in [5.41, 5.74) is 4.48. The molecule has 5 heterocycles. The van der Waals surface area contributed by atoms with Gasteiger partial charge in [-0.2, -0.15) is 0 Å². The number of carbonyl (C=O) groups is 5. The lowest BCUT2D eigenvalue weighted by Crippen LogP contribution is -2.42. The van der Waals surface area contributed by atoms with E-state index in [1.165, 1.54) is 86.0 Å². The van der Waals surface area contributed by atoms with Gasteiger partial charge < -0.3 is 81.3 Å². The molecule has 12 atom stereocenters. The summed E-state index contributed by atoms with van der Waals surface area (Å²) in [7, 11) is 0. The highest BCUT2D eigenvalue weighted by molar-refractivity contribution is 5.72. The summed E-state index contributed by atoms with van der Waals surface area (Å²) in [5, 5.41) is 18.3. The lowest BCUT2D eigenvalue weighted by Gasteiger charge is -2.37. The summed E-state index contributed by atoms with van der Waals surface area (Å²) >= 11 is 0. The molecule has 584 valence electrons. The minimum absolute atomic E-state index is 0.0774. The zero-order chi connectivity index (χ0) is 77.4. The van der Waals surface area contributed by atoms with E-state index in [-0.39, 0.29) is 37.3 Å². The number of hydrogen-bond acceptors (Lipinski definition) is 20. The zero-order valence-electron chi connectivity index (χ0n) is 64.4. The number of ether oxygens (including phenoxy) is 14. The van der Waals surface area contributed by atoms with E-state index in [1.54, 1.807) is 0 Å². The van der Waals surface area contributed by atoms with E-state index >= 15 is 0 Å². The Morgan fingerprint density at radius 1 is 0.393 bits per heavy atom. The molecule has 0 aromatic heterocycles. The average molecular weight is 1480 g/mol. The monoisotopic (exact) mass is 1480 g/mol. The fourth-order valence-electron chi connectivity index (χ4n) is 13.5. The molecule has 107 heavy (non-hydrogen) atoms. The molecule has 0 spiro atoms. The highest BCUT2D eigenvalue weighted by atomic mass is 16.9. The number of aliphatic hydroxyl groups excluding tert-OH is 1. The number of carboxylic acids is 1. The quantitative estimate of drug-likeness (QED) is 0.0172. The van der Waals surface area contributed by atoms with Crippen LogP contribution in [0.1, 0.15) is 194 Å². The Morgan fingerprint density at radius 3 is 1.07 bits per heavy atom. The van der Waals surface area contributed by atoms with E-state index in [2.05, 4.69) is 123 Å². The van der Waals surface area contributed by atoms with Crippen LogP contribution in [0.2, 0.25) is 0 Å². The molecule has 6 aromatic rings. The molecule has 5 saturated heterocycles. The van der Waals surface area contributed by atoms with Gasteiger partial charge in [0.2, 0.25) is 6.29 Å². The number of ketones is 1. The van der Waals surface area contributed by atoms with Gasteiger partial charge in [0.15, 0.2) is 30.3 Å². The number of carboxylic acid groups (broad SMARTS) is 1. The largest absolute Gasteiger partial charge is 0.481 e. The van der Waals surface area contributed by atoms with Crippen LogP contribution in [-0.4, -0.2) is 158 Å². The van der Waals surface area contributed by atoms with Crippen molar-refractivity contribution in [3.63, 3.8) is 0 Å². The standard InChI is InChI=1S/C35H44O5.C27H28O5.C19H32O8.C3H6O.C2H4O2/c1-4-5-6-7-8-18-25-36-31-30(38-33-32(31)39-34(2,3)40-33)26-37-35(27-19-12-9-13-20-27,28-21-14-10-15-22-28)29-23-16-11-17-24-29;1-26(2)31-24-23(28)22(30-25(24)32-26)18-29-27(19-12-6-3-7-13-19,20-14-8-4-9-15-20)21-16-10-5-11-17-21;1-5-6-7-8-9-10-11-23-17-16(12-24-13(2)20)27-19(26-15(4)22)18(17)25-14(3)21;1-3(2)4;1-2(3)4/h9-17,19-24,30-33H,4-8,18,25-26H2,1-3H3;3-17,22-25,28H,18H2,1-2H3;16-19H,5-12H2,1-4H3;1-2H3;1H3,(H,3,4)/t30-,31+,32-,33?;22-,23+,24-,25?;16-,17+,18-,19?;;/m111../s1. The van der Waals surface area contributed by atoms with Gasteiger partial charge in [0.25, 0.3) is 5.97 Å². The van der Waals surface area contributed by atoms with Gasteiger partial charge >= 0.3 is 17.9 Å². The van der Waals surface area contributed by atoms with Gasteiger partial charge in [-0.1, -0.05) is 260 Å². The maximum absolute atomic E-state index is 11.5. The second kappa shape index (κ2) is 43.5. The number of hydrogen-bond donors (Lipinski definition) is 2. The summed E-state index contributed by atoms with van der Waals surface area (Å²) in [6.07, 6.45) is 6.61. The van der Waals surface area contributed by atoms with E-state index in [4.69, 9.17) is 76.2 Å². The first kappa shape index (κ1) is 86.6. The topological polar surface area (TPSA) is 255 Å². The van der Waals surface area contributed by atoms with Gasteiger partial charge in [0.1, 0.15) is 72.4 Å². The Morgan fingerprint density at radius 2 is 0.710 bits per heavy atom. The number of Topliss-reactive ketones (excluding diaryl/α,β-unsaturated/α-hetero) is 1. The van der Waals surface area contributed by atoms with E-state index in [9.17, 15) is 24.3 Å². The average Bonchev–Trinajstić information content (AvgIpc) is 1.70. The number of fused-ring (bicyclic) bond motifs is 2. The van der Waals surface area contributed by atoms with Crippen molar-refractivity contribution in [3.05, 3.63) is 215 Å². The van der Waals surface area contributed by atoms with Crippen molar-refractivity contribution in [2.75, 3.05) is 33.0 Å². The maximum atomic E-state index is 11.5. The minimum atomic E-state index is -1.10. The number of unbranched alkanes of at least 4 members (excludes halogenated alkanes) is 10. The van der Waals surface area contributed by atoms with Crippen LogP contribution in [0.3, 0.4) is 0 Å². The van der Waals surface area contributed by atoms with Crippen LogP contribution in [0.15, 0.2) is 182 Å². The van der Waals surface area contributed by atoms with Gasteiger partial charge in [-0.05, 0) is 87.8 Å². The van der Waals surface area contributed by atoms with Gasteiger partial charge in [-0.3, -0.25) is 19.2 Å². The first-order valence-corrected chi connectivity index (χ1v) is 37.7. The number of rotatable bonds is 32. The molecule has 5 aliphatic rings. The first-order chi connectivity index (χ1) is 51.3. The molecule has 0 amide bonds. The molecule has 3 unspecified atom stereocenters. The molecule has 2 N–H and O–H groups in total. The van der Waals surface area contributed by atoms with Gasteiger partial charge in [-0.15, -0.1) is 0 Å². The van der Waals surface area contributed by atoms with Crippen molar-refractivity contribution in [1.82, 2.24) is 0 Å². The molecule has 0 bridgehead atoms. The number of carbonyl (C=O) groups excluding carboxylic acids is 4. The predicted octanol–water partition coefficient (Wildman–Crippen LogP) is 15.1. The van der Waals surface area contributed by atoms with Crippen LogP contribution in [0, 0.1) is 0 Å². The maximum Gasteiger partial charge on any atom is 0.305 e. The van der Waals surface area contributed by atoms with Crippen LogP contribution in [0.5, 0.6) is 0 Å². The fourth-order valence-corrected chi connectivity index (χ4v) is 13.5. The van der Waals surface area contributed by atoms with Crippen LogP contribution in [-0.2, 0) is 101 Å². The van der Waals surface area contributed by atoms with E-state index in [0.717, 1.165) is 66.0 Å². The van der Waals surface area contributed by atoms with Crippen LogP contribution < -0.4 is 0 Å². The Balaban J connectivity index is 0.000000216. The van der Waals surface area contributed by atoms with Gasteiger partial charge in [0, 0.05) is 40.9 Å². The second-order valence-corrected chi connectivity index (χ2v) is 28.1. The Bertz CT molecular complexity index is 3330. The lowest BCUT2D eigenvalue weighted by atomic mass is 9.80. The number of aliphatic hydroxyl groups is 1. The van der Waals surface area contributed by atoms with E-state index in [1.807, 2.05) is 100 Å². The number of aliphatic carboxylic acids is 1. The van der Waals surface area contributed by atoms with Crippen molar-refractivity contribution >= 4 is 29.7 Å². The van der Waals surface area contributed by atoms with Crippen LogP contribution >= 0.6 is 0 Å². The molecule has 21 heteroatoms. The van der Waals surface area contributed by atoms with E-state index < -0.39 is 102 Å². The Labute approximate surface area is 632 Å². The highest BCUT2D eigenvalue weighted by Gasteiger charge is 2.57. The Kier molecular flexibility index (Phi) is 35.3. The molecule has 5 fully saturated rings. The molecule has 0 radical (unpaired) electrons. The van der Waals surface area contributed by atoms with E-state index in [0.29, 0.717) is 19.8 Å². The van der Waals surface area contributed by atoms with Crippen molar-refractivity contribution in [3.8, 4) is 0 Å². The Hall–Kier alpha value is -7.61. The van der Waals surface area contributed by atoms with Crippen molar-refractivity contribution in [2.45, 2.75) is 257 Å². The number of benzene rings is 6. The molecule has 21 nitrogen and oxygen atoms in total. The summed E-state index contributed by atoms with van der Waals surface area (Å²) in [6.45, 7) is 21.3. The molecule has 0 saturated carbocycles. The van der Waals surface area contributed by atoms with Crippen LogP contribution in [0.4, 0.5) is 0 Å².